The Labute approximate surface area is 128 Å². The molecular weight excluding hydrogens is 262 g/mol. The maximum Gasteiger partial charge on any atom is 0.238 e. The van der Waals surface area contributed by atoms with Crippen LogP contribution in [0.25, 0.3) is 0 Å². The van der Waals surface area contributed by atoms with E-state index in [1.165, 1.54) is 5.56 Å². The van der Waals surface area contributed by atoms with Gasteiger partial charge in [-0.25, -0.2) is 0 Å². The first-order valence-electron chi connectivity index (χ1n) is 7.75. The van der Waals surface area contributed by atoms with Crippen LogP contribution in [0.4, 0.5) is 5.69 Å². The highest BCUT2D eigenvalue weighted by Gasteiger charge is 2.11. The zero-order valence-corrected chi connectivity index (χ0v) is 13.7. The van der Waals surface area contributed by atoms with Crippen molar-refractivity contribution in [2.75, 3.05) is 25.5 Å². The number of aryl methyl sites for hydroxylation is 1. The van der Waals surface area contributed by atoms with Crippen molar-refractivity contribution in [2.45, 2.75) is 39.7 Å². The molecule has 4 heteroatoms. The highest BCUT2D eigenvalue weighted by molar-refractivity contribution is 5.92. The van der Waals surface area contributed by atoms with Crippen LogP contribution in [0, 0.1) is 5.92 Å². The smallest absolute Gasteiger partial charge is 0.238 e. The number of nitrogens with two attached hydrogens (primary N) is 1. The van der Waals surface area contributed by atoms with Crippen molar-refractivity contribution >= 4 is 11.6 Å². The SMILES string of the molecule is CCc1ccc(NC(=O)CN(C)CCC(N)C(C)C)cc1. The van der Waals surface area contributed by atoms with E-state index in [1.807, 2.05) is 36.2 Å². The van der Waals surface area contributed by atoms with Crippen molar-refractivity contribution < 1.29 is 4.79 Å². The van der Waals surface area contributed by atoms with Crippen LogP contribution in [0.2, 0.25) is 0 Å². The third-order valence-electron chi connectivity index (χ3n) is 3.76. The van der Waals surface area contributed by atoms with E-state index in [0.717, 1.165) is 25.1 Å². The van der Waals surface area contributed by atoms with Crippen LogP contribution >= 0.6 is 0 Å². The molecule has 4 nitrogen and oxygen atoms in total. The number of carbonyl (C=O) groups excluding carboxylic acids is 1. The van der Waals surface area contributed by atoms with E-state index in [0.29, 0.717) is 12.5 Å². The van der Waals surface area contributed by atoms with Gasteiger partial charge in [0.05, 0.1) is 6.54 Å². The zero-order valence-electron chi connectivity index (χ0n) is 13.7. The van der Waals surface area contributed by atoms with Crippen LogP contribution in [0.3, 0.4) is 0 Å². The van der Waals surface area contributed by atoms with Gasteiger partial charge in [0.2, 0.25) is 5.91 Å². The molecule has 118 valence electrons. The summed E-state index contributed by atoms with van der Waals surface area (Å²) in [5.41, 5.74) is 8.14. The highest BCUT2D eigenvalue weighted by atomic mass is 16.2. The molecule has 0 aliphatic carbocycles. The van der Waals surface area contributed by atoms with E-state index in [1.54, 1.807) is 0 Å². The largest absolute Gasteiger partial charge is 0.327 e. The first-order valence-corrected chi connectivity index (χ1v) is 7.75. The first kappa shape index (κ1) is 17.7. The Morgan fingerprint density at radius 2 is 1.90 bits per heavy atom. The Morgan fingerprint density at radius 1 is 1.29 bits per heavy atom. The maximum absolute atomic E-state index is 12.0. The second kappa shape index (κ2) is 8.80. The molecule has 0 bridgehead atoms. The van der Waals surface area contributed by atoms with Crippen LogP contribution in [-0.4, -0.2) is 37.0 Å². The summed E-state index contributed by atoms with van der Waals surface area (Å²) in [4.78, 5) is 14.0. The molecule has 0 saturated heterocycles. The predicted molar refractivity (Wildman–Crippen MR) is 89.4 cm³/mol. The van der Waals surface area contributed by atoms with Crippen molar-refractivity contribution in [1.29, 1.82) is 0 Å². The quantitative estimate of drug-likeness (QED) is 0.773. The molecule has 1 atom stereocenters. The molecule has 3 N–H and O–H groups in total. The molecule has 1 aromatic rings. The molecule has 0 aliphatic heterocycles. The van der Waals surface area contributed by atoms with Crippen molar-refractivity contribution in [3.63, 3.8) is 0 Å². The molecule has 0 aromatic heterocycles. The third kappa shape index (κ3) is 6.74. The Balaban J connectivity index is 2.35. The van der Waals surface area contributed by atoms with E-state index in [-0.39, 0.29) is 11.9 Å². The molecule has 1 unspecified atom stereocenters. The van der Waals surface area contributed by atoms with Crippen LogP contribution in [0.1, 0.15) is 32.8 Å². The Hall–Kier alpha value is -1.39. The minimum Gasteiger partial charge on any atom is -0.327 e. The molecule has 0 radical (unpaired) electrons. The summed E-state index contributed by atoms with van der Waals surface area (Å²) in [6, 6.07) is 8.18. The number of benzene rings is 1. The summed E-state index contributed by atoms with van der Waals surface area (Å²) in [5, 5.41) is 2.92. The van der Waals surface area contributed by atoms with Crippen LogP contribution in [0.15, 0.2) is 24.3 Å². The van der Waals surface area contributed by atoms with Gasteiger partial charge in [-0.15, -0.1) is 0 Å². The van der Waals surface area contributed by atoms with E-state index in [9.17, 15) is 4.79 Å². The van der Waals surface area contributed by atoms with E-state index in [4.69, 9.17) is 5.73 Å². The molecule has 1 rings (SSSR count). The van der Waals surface area contributed by atoms with Crippen molar-refractivity contribution in [3.05, 3.63) is 29.8 Å². The Bertz CT molecular complexity index is 428. The lowest BCUT2D eigenvalue weighted by molar-refractivity contribution is -0.117. The van der Waals surface area contributed by atoms with Gasteiger partial charge >= 0.3 is 0 Å². The van der Waals surface area contributed by atoms with Crippen molar-refractivity contribution in [3.8, 4) is 0 Å². The number of nitrogens with zero attached hydrogens (tertiary/aromatic N) is 1. The summed E-state index contributed by atoms with van der Waals surface area (Å²) >= 11 is 0. The van der Waals surface area contributed by atoms with Crippen molar-refractivity contribution in [2.24, 2.45) is 11.7 Å². The van der Waals surface area contributed by atoms with Gasteiger partial charge in [-0.2, -0.15) is 0 Å². The molecule has 0 aliphatic rings. The number of amides is 1. The van der Waals surface area contributed by atoms with Gasteiger partial charge in [0.25, 0.3) is 0 Å². The van der Waals surface area contributed by atoms with Crippen LogP contribution in [0.5, 0.6) is 0 Å². The fourth-order valence-electron chi connectivity index (χ4n) is 2.05. The van der Waals surface area contributed by atoms with E-state index < -0.39 is 0 Å². The van der Waals surface area contributed by atoms with Gasteiger partial charge in [0.15, 0.2) is 0 Å². The fraction of sp³-hybridized carbons (Fsp3) is 0.588. The lowest BCUT2D eigenvalue weighted by atomic mass is 10.0. The average molecular weight is 291 g/mol. The molecule has 0 fully saturated rings. The van der Waals surface area contributed by atoms with Crippen LogP contribution < -0.4 is 11.1 Å². The number of nitrogens with one attached hydrogen (secondary N) is 1. The van der Waals surface area contributed by atoms with Gasteiger partial charge in [0.1, 0.15) is 0 Å². The fourth-order valence-corrected chi connectivity index (χ4v) is 2.05. The van der Waals surface area contributed by atoms with Gasteiger partial charge in [-0.3, -0.25) is 9.69 Å². The average Bonchev–Trinajstić information content (AvgIpc) is 2.45. The van der Waals surface area contributed by atoms with Gasteiger partial charge < -0.3 is 11.1 Å². The number of carbonyl (C=O) groups is 1. The van der Waals surface area contributed by atoms with E-state index >= 15 is 0 Å². The van der Waals surface area contributed by atoms with Gasteiger partial charge in [-0.05, 0) is 50.0 Å². The molecule has 0 heterocycles. The lowest BCUT2D eigenvalue weighted by Crippen LogP contribution is -2.35. The molecule has 0 spiro atoms. The molecular formula is C17H29N3O. The molecule has 1 aromatic carbocycles. The summed E-state index contributed by atoms with van der Waals surface area (Å²) < 4.78 is 0. The monoisotopic (exact) mass is 291 g/mol. The topological polar surface area (TPSA) is 58.4 Å². The predicted octanol–water partition coefficient (Wildman–Crippen LogP) is 2.49. The standard InChI is InChI=1S/C17H29N3O/c1-5-14-6-8-15(9-7-14)19-17(21)12-20(4)11-10-16(18)13(2)3/h6-9,13,16H,5,10-12,18H2,1-4H3,(H,19,21). The highest BCUT2D eigenvalue weighted by Crippen LogP contribution is 2.10. The maximum atomic E-state index is 12.0. The minimum absolute atomic E-state index is 0.0138. The Morgan fingerprint density at radius 3 is 2.43 bits per heavy atom. The first-order chi connectivity index (χ1) is 9.92. The summed E-state index contributed by atoms with van der Waals surface area (Å²) in [6.45, 7) is 7.58. The van der Waals surface area contributed by atoms with Crippen molar-refractivity contribution in [1.82, 2.24) is 4.90 Å². The molecule has 1 amide bonds. The van der Waals surface area contributed by atoms with Gasteiger partial charge in [0, 0.05) is 11.7 Å². The molecule has 0 saturated carbocycles. The van der Waals surface area contributed by atoms with Crippen LogP contribution in [-0.2, 0) is 11.2 Å². The number of hydrogen-bond donors (Lipinski definition) is 2. The second-order valence-electron chi connectivity index (χ2n) is 6.03. The summed E-state index contributed by atoms with van der Waals surface area (Å²) in [5.74, 6) is 0.490. The van der Waals surface area contributed by atoms with E-state index in [2.05, 4.69) is 26.1 Å². The number of anilines is 1. The number of hydrogen-bond acceptors (Lipinski definition) is 3. The third-order valence-corrected chi connectivity index (χ3v) is 3.76. The molecule has 21 heavy (non-hydrogen) atoms. The normalized spacial score (nSPS) is 12.7. The Kier molecular flexibility index (Phi) is 7.40. The number of rotatable bonds is 8. The summed E-state index contributed by atoms with van der Waals surface area (Å²) in [7, 11) is 1.95. The number of likely N-dealkylation sites (N-methyl/N-ethyl adjacent to an activating group) is 1. The van der Waals surface area contributed by atoms with Gasteiger partial charge in [-0.1, -0.05) is 32.9 Å². The zero-order chi connectivity index (χ0) is 15.8. The minimum atomic E-state index is 0.0138. The summed E-state index contributed by atoms with van der Waals surface area (Å²) in [6.07, 6.45) is 1.92. The second-order valence-corrected chi connectivity index (χ2v) is 6.03. The lowest BCUT2D eigenvalue weighted by Gasteiger charge is -2.21.